The van der Waals surface area contributed by atoms with Gasteiger partial charge in [0.15, 0.2) is 5.75 Å². The second-order valence-corrected chi connectivity index (χ2v) is 5.94. The molecular weight excluding hydrogens is 292 g/mol. The second-order valence-electron chi connectivity index (χ2n) is 5.94. The molecule has 4 rings (SSSR count). The maximum absolute atomic E-state index is 5.10. The van der Waals surface area contributed by atoms with Crippen LogP contribution in [-0.2, 0) is 0 Å². The van der Waals surface area contributed by atoms with Crippen molar-refractivity contribution in [3.05, 3.63) is 30.5 Å². The number of nitrogens with zero attached hydrogens (tertiary/aromatic N) is 6. The van der Waals surface area contributed by atoms with Crippen LogP contribution in [-0.4, -0.2) is 53.2 Å². The van der Waals surface area contributed by atoms with Crippen molar-refractivity contribution in [1.82, 2.24) is 19.9 Å². The minimum absolute atomic E-state index is 0.587. The predicted molar refractivity (Wildman–Crippen MR) is 87.0 cm³/mol. The van der Waals surface area contributed by atoms with Crippen LogP contribution in [0.5, 0.6) is 5.75 Å². The average Bonchev–Trinajstić information content (AvgIpc) is 3.47. The number of methoxy groups -OCH3 is 1. The van der Waals surface area contributed by atoms with E-state index in [1.165, 1.54) is 12.8 Å². The van der Waals surface area contributed by atoms with Crippen LogP contribution in [0.1, 0.15) is 24.6 Å². The van der Waals surface area contributed by atoms with Crippen molar-refractivity contribution in [2.75, 3.05) is 43.1 Å². The SMILES string of the molecule is COc1cnc(N2CCN(c3ccnc(C4CC4)n3)CC2)nc1. The normalized spacial score (nSPS) is 18.1. The molecule has 0 N–H and O–H groups in total. The van der Waals surface area contributed by atoms with Gasteiger partial charge in [0.05, 0.1) is 19.5 Å². The molecule has 7 heteroatoms. The number of piperazine rings is 1. The molecule has 1 saturated heterocycles. The molecule has 23 heavy (non-hydrogen) atoms. The van der Waals surface area contributed by atoms with Gasteiger partial charge in [-0.15, -0.1) is 0 Å². The topological polar surface area (TPSA) is 67.3 Å². The van der Waals surface area contributed by atoms with Gasteiger partial charge in [-0.25, -0.2) is 19.9 Å². The van der Waals surface area contributed by atoms with Gasteiger partial charge in [-0.1, -0.05) is 0 Å². The van der Waals surface area contributed by atoms with E-state index < -0.39 is 0 Å². The summed E-state index contributed by atoms with van der Waals surface area (Å²) in [5.41, 5.74) is 0. The minimum Gasteiger partial charge on any atom is -0.494 e. The molecule has 7 nitrogen and oxygen atoms in total. The summed E-state index contributed by atoms with van der Waals surface area (Å²) >= 11 is 0. The van der Waals surface area contributed by atoms with Crippen LogP contribution in [0.25, 0.3) is 0 Å². The highest BCUT2D eigenvalue weighted by molar-refractivity contribution is 5.42. The van der Waals surface area contributed by atoms with Gasteiger partial charge in [0, 0.05) is 38.3 Å². The number of ether oxygens (including phenoxy) is 1. The molecule has 0 radical (unpaired) electrons. The number of aromatic nitrogens is 4. The smallest absolute Gasteiger partial charge is 0.225 e. The fraction of sp³-hybridized carbons (Fsp3) is 0.500. The maximum atomic E-state index is 5.10. The quantitative estimate of drug-likeness (QED) is 0.847. The summed E-state index contributed by atoms with van der Waals surface area (Å²) in [5, 5.41) is 0. The number of rotatable bonds is 4. The van der Waals surface area contributed by atoms with Gasteiger partial charge in [-0.05, 0) is 18.9 Å². The fourth-order valence-electron chi connectivity index (χ4n) is 2.79. The van der Waals surface area contributed by atoms with E-state index in [0.717, 1.165) is 43.8 Å². The monoisotopic (exact) mass is 312 g/mol. The van der Waals surface area contributed by atoms with Crippen molar-refractivity contribution in [3.8, 4) is 5.75 Å². The Morgan fingerprint density at radius 3 is 2.35 bits per heavy atom. The Bertz CT molecular complexity index is 665. The van der Waals surface area contributed by atoms with Crippen LogP contribution in [0.15, 0.2) is 24.7 Å². The summed E-state index contributed by atoms with van der Waals surface area (Å²) in [5.74, 6) is 4.07. The number of hydrogen-bond donors (Lipinski definition) is 0. The van der Waals surface area contributed by atoms with Gasteiger partial charge in [-0.2, -0.15) is 0 Å². The fourth-order valence-corrected chi connectivity index (χ4v) is 2.79. The van der Waals surface area contributed by atoms with Crippen LogP contribution >= 0.6 is 0 Å². The van der Waals surface area contributed by atoms with Gasteiger partial charge < -0.3 is 14.5 Å². The van der Waals surface area contributed by atoms with E-state index in [0.29, 0.717) is 11.7 Å². The molecule has 2 fully saturated rings. The van der Waals surface area contributed by atoms with Gasteiger partial charge in [0.25, 0.3) is 0 Å². The number of hydrogen-bond acceptors (Lipinski definition) is 7. The van der Waals surface area contributed by atoms with Crippen molar-refractivity contribution in [2.24, 2.45) is 0 Å². The van der Waals surface area contributed by atoms with Crippen molar-refractivity contribution < 1.29 is 4.74 Å². The molecule has 0 amide bonds. The van der Waals surface area contributed by atoms with E-state index in [1.807, 2.05) is 12.3 Å². The first kappa shape index (κ1) is 14.2. The first-order valence-electron chi connectivity index (χ1n) is 8.02. The van der Waals surface area contributed by atoms with Gasteiger partial charge in [-0.3, -0.25) is 0 Å². The molecule has 0 unspecified atom stereocenters. The molecule has 0 aromatic carbocycles. The standard InChI is InChI=1S/C16H20N6O/c1-23-13-10-18-16(19-11-13)22-8-6-21(7-9-22)14-4-5-17-15(20-14)12-2-3-12/h4-5,10-12H,2-3,6-9H2,1H3. The maximum Gasteiger partial charge on any atom is 0.225 e. The third-order valence-corrected chi connectivity index (χ3v) is 4.34. The Kier molecular flexibility index (Phi) is 3.69. The molecule has 3 heterocycles. The van der Waals surface area contributed by atoms with E-state index in [-0.39, 0.29) is 0 Å². The first-order valence-corrected chi connectivity index (χ1v) is 8.02. The van der Waals surface area contributed by atoms with Gasteiger partial charge >= 0.3 is 0 Å². The van der Waals surface area contributed by atoms with Crippen LogP contribution in [0.3, 0.4) is 0 Å². The lowest BCUT2D eigenvalue weighted by Crippen LogP contribution is -2.47. The Morgan fingerprint density at radius 2 is 1.70 bits per heavy atom. The Labute approximate surface area is 135 Å². The summed E-state index contributed by atoms with van der Waals surface area (Å²) < 4.78 is 5.10. The predicted octanol–water partition coefficient (Wildman–Crippen LogP) is 1.48. The zero-order valence-electron chi connectivity index (χ0n) is 13.2. The highest BCUT2D eigenvalue weighted by Crippen LogP contribution is 2.38. The van der Waals surface area contributed by atoms with Gasteiger partial charge in [0.1, 0.15) is 11.6 Å². The first-order chi connectivity index (χ1) is 11.3. The van der Waals surface area contributed by atoms with Crippen LogP contribution < -0.4 is 14.5 Å². The van der Waals surface area contributed by atoms with E-state index in [9.17, 15) is 0 Å². The van der Waals surface area contributed by atoms with E-state index in [1.54, 1.807) is 19.5 Å². The lowest BCUT2D eigenvalue weighted by atomic mass is 10.3. The summed E-state index contributed by atoms with van der Waals surface area (Å²) in [6.45, 7) is 3.59. The highest BCUT2D eigenvalue weighted by atomic mass is 16.5. The Balaban J connectivity index is 1.41. The second kappa shape index (κ2) is 5.98. The van der Waals surface area contributed by atoms with Crippen LogP contribution in [0.4, 0.5) is 11.8 Å². The molecule has 2 aliphatic rings. The third-order valence-electron chi connectivity index (χ3n) is 4.34. The van der Waals surface area contributed by atoms with Crippen molar-refractivity contribution in [3.63, 3.8) is 0 Å². The van der Waals surface area contributed by atoms with E-state index >= 15 is 0 Å². The Hall–Kier alpha value is -2.44. The largest absolute Gasteiger partial charge is 0.494 e. The summed E-state index contributed by atoms with van der Waals surface area (Å²) in [6.07, 6.45) is 7.76. The van der Waals surface area contributed by atoms with Crippen molar-refractivity contribution >= 4 is 11.8 Å². The van der Waals surface area contributed by atoms with Gasteiger partial charge in [0.2, 0.25) is 5.95 Å². The highest BCUT2D eigenvalue weighted by Gasteiger charge is 2.27. The van der Waals surface area contributed by atoms with E-state index in [4.69, 9.17) is 9.72 Å². The lowest BCUT2D eigenvalue weighted by Gasteiger charge is -2.35. The summed E-state index contributed by atoms with van der Waals surface area (Å²) in [7, 11) is 1.62. The molecule has 2 aromatic heterocycles. The molecule has 0 bridgehead atoms. The van der Waals surface area contributed by atoms with Crippen LogP contribution in [0.2, 0.25) is 0 Å². The lowest BCUT2D eigenvalue weighted by molar-refractivity contribution is 0.410. The molecule has 0 spiro atoms. The van der Waals surface area contributed by atoms with Crippen molar-refractivity contribution in [2.45, 2.75) is 18.8 Å². The average molecular weight is 312 g/mol. The zero-order chi connectivity index (χ0) is 15.6. The zero-order valence-corrected chi connectivity index (χ0v) is 13.2. The molecular formula is C16H20N6O. The molecule has 2 aromatic rings. The van der Waals surface area contributed by atoms with Crippen LogP contribution in [0, 0.1) is 0 Å². The summed E-state index contributed by atoms with van der Waals surface area (Å²) in [6, 6.07) is 2.01. The van der Waals surface area contributed by atoms with E-state index in [2.05, 4.69) is 24.8 Å². The Morgan fingerprint density at radius 1 is 1.00 bits per heavy atom. The molecule has 1 saturated carbocycles. The summed E-state index contributed by atoms with van der Waals surface area (Å²) in [4.78, 5) is 22.4. The molecule has 1 aliphatic carbocycles. The molecule has 120 valence electrons. The molecule has 0 atom stereocenters. The molecule has 1 aliphatic heterocycles. The van der Waals surface area contributed by atoms with Crippen molar-refractivity contribution in [1.29, 1.82) is 0 Å². The third kappa shape index (κ3) is 3.04. The number of anilines is 2. The minimum atomic E-state index is 0.587.